The van der Waals surface area contributed by atoms with Crippen molar-refractivity contribution in [2.75, 3.05) is 5.73 Å². The molecule has 2 rings (SSSR count). The number of benzene rings is 1. The number of nitrogen functional groups attached to an aromatic ring is 1. The SMILES string of the molecule is Nc1cc(-n2nccn2)ccc1Br. The highest BCUT2D eigenvalue weighted by atomic mass is 79.9. The Morgan fingerprint density at radius 1 is 1.23 bits per heavy atom. The summed E-state index contributed by atoms with van der Waals surface area (Å²) >= 11 is 3.32. The molecule has 0 saturated carbocycles. The summed E-state index contributed by atoms with van der Waals surface area (Å²) in [6, 6.07) is 5.57. The van der Waals surface area contributed by atoms with Crippen LogP contribution >= 0.6 is 15.9 Å². The van der Waals surface area contributed by atoms with Crippen molar-refractivity contribution in [1.29, 1.82) is 0 Å². The Morgan fingerprint density at radius 3 is 2.54 bits per heavy atom. The lowest BCUT2D eigenvalue weighted by Crippen LogP contribution is -1.99. The molecule has 0 aliphatic rings. The first-order valence-corrected chi connectivity index (χ1v) is 4.48. The highest BCUT2D eigenvalue weighted by Crippen LogP contribution is 2.21. The molecular formula is C8H7BrN4. The standard InChI is InChI=1S/C8H7BrN4/c9-7-2-1-6(5-8(7)10)13-11-3-4-12-13/h1-5H,10H2. The highest BCUT2D eigenvalue weighted by molar-refractivity contribution is 9.10. The van der Waals surface area contributed by atoms with Crippen molar-refractivity contribution >= 4 is 21.6 Å². The number of nitrogens with zero attached hydrogens (tertiary/aromatic N) is 3. The Kier molecular flexibility index (Phi) is 2.02. The number of hydrogen-bond acceptors (Lipinski definition) is 3. The van der Waals surface area contributed by atoms with Gasteiger partial charge in [0.15, 0.2) is 0 Å². The lowest BCUT2D eigenvalue weighted by Gasteiger charge is -2.01. The van der Waals surface area contributed by atoms with E-state index in [1.807, 2.05) is 18.2 Å². The molecule has 4 nitrogen and oxygen atoms in total. The van der Waals surface area contributed by atoms with Crippen molar-refractivity contribution < 1.29 is 0 Å². The van der Waals surface area contributed by atoms with Crippen molar-refractivity contribution in [3.63, 3.8) is 0 Å². The van der Waals surface area contributed by atoms with Gasteiger partial charge in [0.1, 0.15) is 0 Å². The maximum atomic E-state index is 5.71. The van der Waals surface area contributed by atoms with Crippen LogP contribution in [-0.4, -0.2) is 15.0 Å². The van der Waals surface area contributed by atoms with Gasteiger partial charge >= 0.3 is 0 Å². The van der Waals surface area contributed by atoms with E-state index < -0.39 is 0 Å². The van der Waals surface area contributed by atoms with Crippen molar-refractivity contribution in [1.82, 2.24) is 15.0 Å². The topological polar surface area (TPSA) is 56.7 Å². The van der Waals surface area contributed by atoms with Crippen molar-refractivity contribution in [3.05, 3.63) is 35.1 Å². The summed E-state index contributed by atoms with van der Waals surface area (Å²) in [7, 11) is 0. The molecule has 13 heavy (non-hydrogen) atoms. The minimum atomic E-state index is 0.676. The molecular weight excluding hydrogens is 232 g/mol. The average Bonchev–Trinajstić information content (AvgIpc) is 2.62. The molecule has 2 N–H and O–H groups in total. The maximum absolute atomic E-state index is 5.71. The predicted octanol–water partition coefficient (Wildman–Crippen LogP) is 1.61. The summed E-state index contributed by atoms with van der Waals surface area (Å²) < 4.78 is 0.878. The molecule has 0 atom stereocenters. The number of aromatic nitrogens is 3. The maximum Gasteiger partial charge on any atom is 0.0877 e. The zero-order chi connectivity index (χ0) is 9.26. The van der Waals surface area contributed by atoms with Crippen LogP contribution in [0.15, 0.2) is 35.1 Å². The summed E-state index contributed by atoms with van der Waals surface area (Å²) in [6.07, 6.45) is 3.25. The number of nitrogens with two attached hydrogens (primary N) is 1. The van der Waals surface area contributed by atoms with E-state index in [9.17, 15) is 0 Å². The number of rotatable bonds is 1. The Morgan fingerprint density at radius 2 is 1.92 bits per heavy atom. The van der Waals surface area contributed by atoms with E-state index in [4.69, 9.17) is 5.73 Å². The second-order valence-electron chi connectivity index (χ2n) is 2.52. The molecule has 1 aromatic heterocycles. The third-order valence-electron chi connectivity index (χ3n) is 1.63. The minimum Gasteiger partial charge on any atom is -0.398 e. The Bertz CT molecular complexity index is 410. The lowest BCUT2D eigenvalue weighted by molar-refractivity contribution is 0.752. The molecule has 0 radical (unpaired) electrons. The van der Waals surface area contributed by atoms with Gasteiger partial charge in [0.2, 0.25) is 0 Å². The molecule has 0 unspecified atom stereocenters. The molecule has 0 fully saturated rings. The monoisotopic (exact) mass is 238 g/mol. The van der Waals surface area contributed by atoms with Gasteiger partial charge in [0.05, 0.1) is 18.1 Å². The Balaban J connectivity index is 2.49. The molecule has 0 aliphatic carbocycles. The van der Waals surface area contributed by atoms with Gasteiger partial charge in [-0.15, -0.1) is 0 Å². The number of hydrogen-bond donors (Lipinski definition) is 1. The zero-order valence-electron chi connectivity index (χ0n) is 6.68. The molecule has 5 heteroatoms. The fourth-order valence-corrected chi connectivity index (χ4v) is 1.25. The largest absolute Gasteiger partial charge is 0.398 e. The Hall–Kier alpha value is -1.36. The molecule has 0 spiro atoms. The number of anilines is 1. The fraction of sp³-hybridized carbons (Fsp3) is 0. The van der Waals surface area contributed by atoms with E-state index in [0.29, 0.717) is 5.69 Å². The van der Waals surface area contributed by atoms with Gasteiger partial charge in [0.25, 0.3) is 0 Å². The van der Waals surface area contributed by atoms with Gasteiger partial charge < -0.3 is 5.73 Å². The third-order valence-corrected chi connectivity index (χ3v) is 2.35. The van der Waals surface area contributed by atoms with Crippen LogP contribution < -0.4 is 5.73 Å². The van der Waals surface area contributed by atoms with E-state index >= 15 is 0 Å². The molecule has 0 aliphatic heterocycles. The summed E-state index contributed by atoms with van der Waals surface area (Å²) in [4.78, 5) is 1.52. The fourth-order valence-electron chi connectivity index (χ4n) is 1.00. The van der Waals surface area contributed by atoms with E-state index in [1.54, 1.807) is 12.4 Å². The van der Waals surface area contributed by atoms with E-state index in [2.05, 4.69) is 26.1 Å². The number of halogens is 1. The molecule has 0 amide bonds. The van der Waals surface area contributed by atoms with Crippen molar-refractivity contribution in [3.8, 4) is 5.69 Å². The van der Waals surface area contributed by atoms with Gasteiger partial charge in [-0.05, 0) is 34.1 Å². The normalized spacial score (nSPS) is 10.2. The molecule has 2 aromatic rings. The first-order chi connectivity index (χ1) is 6.27. The van der Waals surface area contributed by atoms with Crippen LogP contribution in [0.5, 0.6) is 0 Å². The summed E-state index contributed by atoms with van der Waals surface area (Å²) in [5.74, 6) is 0. The van der Waals surface area contributed by atoms with Crippen molar-refractivity contribution in [2.24, 2.45) is 0 Å². The molecule has 1 heterocycles. The van der Waals surface area contributed by atoms with Gasteiger partial charge in [-0.2, -0.15) is 15.0 Å². The van der Waals surface area contributed by atoms with Gasteiger partial charge in [-0.3, -0.25) is 0 Å². The van der Waals surface area contributed by atoms with Gasteiger partial charge in [-0.1, -0.05) is 0 Å². The average molecular weight is 239 g/mol. The van der Waals surface area contributed by atoms with Gasteiger partial charge in [-0.25, -0.2) is 0 Å². The van der Waals surface area contributed by atoms with E-state index in [1.165, 1.54) is 4.80 Å². The quantitative estimate of drug-likeness (QED) is 0.769. The summed E-state index contributed by atoms with van der Waals surface area (Å²) in [6.45, 7) is 0. The first-order valence-electron chi connectivity index (χ1n) is 3.69. The third kappa shape index (κ3) is 1.55. The summed E-state index contributed by atoms with van der Waals surface area (Å²) in [5, 5.41) is 7.98. The van der Waals surface area contributed by atoms with E-state index in [-0.39, 0.29) is 0 Å². The van der Waals surface area contributed by atoms with Crippen LogP contribution in [0.25, 0.3) is 5.69 Å². The molecule has 1 aromatic carbocycles. The van der Waals surface area contributed by atoms with Crippen LogP contribution in [-0.2, 0) is 0 Å². The second-order valence-corrected chi connectivity index (χ2v) is 3.38. The van der Waals surface area contributed by atoms with Crippen LogP contribution in [0, 0.1) is 0 Å². The first kappa shape index (κ1) is 8.25. The predicted molar refractivity (Wildman–Crippen MR) is 53.5 cm³/mol. The molecule has 0 saturated heterocycles. The van der Waals surface area contributed by atoms with Crippen LogP contribution in [0.4, 0.5) is 5.69 Å². The summed E-state index contributed by atoms with van der Waals surface area (Å²) in [5.41, 5.74) is 7.24. The molecule has 66 valence electrons. The van der Waals surface area contributed by atoms with Crippen LogP contribution in [0.2, 0.25) is 0 Å². The lowest BCUT2D eigenvalue weighted by atomic mass is 10.3. The second kappa shape index (κ2) is 3.18. The van der Waals surface area contributed by atoms with E-state index in [0.717, 1.165) is 10.2 Å². The van der Waals surface area contributed by atoms with Gasteiger partial charge in [0, 0.05) is 10.2 Å². The highest BCUT2D eigenvalue weighted by Gasteiger charge is 2.00. The van der Waals surface area contributed by atoms with Crippen LogP contribution in [0.3, 0.4) is 0 Å². The van der Waals surface area contributed by atoms with Crippen LogP contribution in [0.1, 0.15) is 0 Å². The molecule has 0 bridgehead atoms. The zero-order valence-corrected chi connectivity index (χ0v) is 8.27. The smallest absolute Gasteiger partial charge is 0.0877 e. The van der Waals surface area contributed by atoms with Crippen molar-refractivity contribution in [2.45, 2.75) is 0 Å². The Labute approximate surface area is 83.5 Å². The minimum absolute atomic E-state index is 0.676.